The van der Waals surface area contributed by atoms with Gasteiger partial charge in [-0.2, -0.15) is 0 Å². The maximum absolute atomic E-state index is 13.1. The molecule has 0 radical (unpaired) electrons. The second-order valence-electron chi connectivity index (χ2n) is 11.6. The lowest BCUT2D eigenvalue weighted by Gasteiger charge is -2.37. The summed E-state index contributed by atoms with van der Waals surface area (Å²) < 4.78 is 0. The first kappa shape index (κ1) is 19.9. The zero-order valence-electron chi connectivity index (χ0n) is 18.7. The van der Waals surface area contributed by atoms with Crippen LogP contribution in [0.3, 0.4) is 0 Å². The lowest BCUT2D eigenvalue weighted by Crippen LogP contribution is -2.45. The molecule has 6 rings (SSSR count). The number of amides is 4. The van der Waals surface area contributed by atoms with Crippen molar-refractivity contribution in [2.24, 2.45) is 53.3 Å². The molecule has 0 aromatic rings. The van der Waals surface area contributed by atoms with Crippen molar-refractivity contribution in [3.63, 3.8) is 0 Å². The van der Waals surface area contributed by atoms with E-state index < -0.39 is 0 Å². The largest absolute Gasteiger partial charge is 0.285 e. The molecule has 0 N–H and O–H groups in total. The normalized spacial score (nSPS) is 48.8. The molecule has 0 spiro atoms. The van der Waals surface area contributed by atoms with E-state index in [-0.39, 0.29) is 65.2 Å². The minimum atomic E-state index is -0.264. The summed E-state index contributed by atoms with van der Waals surface area (Å²) in [5.74, 6) is 1.11. The van der Waals surface area contributed by atoms with Gasteiger partial charge in [0.25, 0.3) is 0 Å². The molecule has 6 heteroatoms. The van der Waals surface area contributed by atoms with E-state index in [0.717, 1.165) is 43.4 Å². The maximum Gasteiger partial charge on any atom is 0.233 e. The minimum Gasteiger partial charge on any atom is -0.285 e. The zero-order chi connectivity index (χ0) is 21.6. The summed E-state index contributed by atoms with van der Waals surface area (Å²) >= 11 is 0. The summed E-state index contributed by atoms with van der Waals surface area (Å²) in [7, 11) is 1.53. The van der Waals surface area contributed by atoms with E-state index in [4.69, 9.17) is 0 Å². The van der Waals surface area contributed by atoms with Gasteiger partial charge in [-0.25, -0.2) is 0 Å². The summed E-state index contributed by atoms with van der Waals surface area (Å²) in [6.45, 7) is 2.37. The van der Waals surface area contributed by atoms with Crippen LogP contribution in [0.5, 0.6) is 0 Å². The highest BCUT2D eigenvalue weighted by molar-refractivity contribution is 6.12. The monoisotopic (exact) mass is 426 g/mol. The van der Waals surface area contributed by atoms with Crippen LogP contribution in [0, 0.1) is 53.3 Å². The first-order chi connectivity index (χ1) is 14.9. The molecular formula is C25H34N2O4. The molecule has 31 heavy (non-hydrogen) atoms. The standard InChI is InChI=1S/C25H34N2O4/c1-12-3-5-13(6-4-12)11-14-7-9-15(10-8-14)27-24(30)20-17(21(20)25(27)31)16-18-19(16)23(29)26(2)22(18)28/h12-21H,3-11H2,1-2H3. The van der Waals surface area contributed by atoms with E-state index in [1.807, 2.05) is 0 Å². The lowest BCUT2D eigenvalue weighted by atomic mass is 9.74. The molecule has 4 unspecified atom stereocenters. The molecular weight excluding hydrogens is 392 g/mol. The third-order valence-electron chi connectivity index (χ3n) is 9.86. The number of rotatable bonds is 4. The van der Waals surface area contributed by atoms with Crippen molar-refractivity contribution in [1.82, 2.24) is 9.80 Å². The molecule has 0 aromatic heterocycles. The first-order valence-corrected chi connectivity index (χ1v) is 12.6. The van der Waals surface area contributed by atoms with E-state index in [9.17, 15) is 19.2 Å². The smallest absolute Gasteiger partial charge is 0.233 e. The van der Waals surface area contributed by atoms with Crippen LogP contribution < -0.4 is 0 Å². The van der Waals surface area contributed by atoms with Gasteiger partial charge in [-0.05, 0) is 61.7 Å². The van der Waals surface area contributed by atoms with E-state index >= 15 is 0 Å². The Labute approximate surface area is 184 Å². The SMILES string of the molecule is CC1CCC(CC2CCC(N3C(=O)C4C(C3=O)C4C3C4C(=O)N(C)C(=O)C43)CC2)CC1. The number of carbonyl (C=O) groups is 4. The van der Waals surface area contributed by atoms with Crippen molar-refractivity contribution in [3.05, 3.63) is 0 Å². The van der Waals surface area contributed by atoms with Crippen LogP contribution in [-0.2, 0) is 19.2 Å². The number of carbonyl (C=O) groups excluding carboxylic acids is 4. The summed E-state index contributed by atoms with van der Waals surface area (Å²) in [6, 6.07) is 0.0733. The van der Waals surface area contributed by atoms with Crippen LogP contribution >= 0.6 is 0 Å². The Hall–Kier alpha value is -1.72. The number of piperidine rings is 2. The van der Waals surface area contributed by atoms with Gasteiger partial charge in [0.15, 0.2) is 0 Å². The molecule has 168 valence electrons. The number of likely N-dealkylation sites (tertiary alicyclic amines) is 2. The first-order valence-electron chi connectivity index (χ1n) is 12.6. The van der Waals surface area contributed by atoms with Crippen LogP contribution in [0.2, 0.25) is 0 Å². The Morgan fingerprint density at radius 3 is 1.55 bits per heavy atom. The molecule has 6 nitrogen and oxygen atoms in total. The van der Waals surface area contributed by atoms with Crippen LogP contribution in [0.15, 0.2) is 0 Å². The summed E-state index contributed by atoms with van der Waals surface area (Å²) in [6.07, 6.45) is 11.0. The van der Waals surface area contributed by atoms with Crippen LogP contribution in [0.1, 0.15) is 64.7 Å². The maximum atomic E-state index is 13.1. The summed E-state index contributed by atoms with van der Waals surface area (Å²) in [5, 5.41) is 0. The predicted molar refractivity (Wildman–Crippen MR) is 112 cm³/mol. The third-order valence-corrected chi connectivity index (χ3v) is 9.86. The molecule has 2 aliphatic heterocycles. The van der Waals surface area contributed by atoms with Gasteiger partial charge in [0.1, 0.15) is 0 Å². The molecule has 4 saturated carbocycles. The minimum absolute atomic E-state index is 0.0112. The molecule has 4 aliphatic carbocycles. The van der Waals surface area contributed by atoms with Gasteiger partial charge < -0.3 is 0 Å². The van der Waals surface area contributed by atoms with Gasteiger partial charge in [-0.1, -0.05) is 32.6 Å². The average Bonchev–Trinajstić information content (AvgIpc) is 3.62. The molecule has 4 amide bonds. The Bertz CT molecular complexity index is 794. The number of fused-ring (bicyclic) bond motifs is 2. The second-order valence-corrected chi connectivity index (χ2v) is 11.6. The molecule has 0 aromatic carbocycles. The second kappa shape index (κ2) is 6.89. The summed E-state index contributed by atoms with van der Waals surface area (Å²) in [5.41, 5.74) is 0. The molecule has 2 saturated heterocycles. The Balaban J connectivity index is 1.03. The van der Waals surface area contributed by atoms with Crippen LogP contribution in [0.25, 0.3) is 0 Å². The van der Waals surface area contributed by atoms with Crippen molar-refractivity contribution in [2.75, 3.05) is 7.05 Å². The fourth-order valence-electron chi connectivity index (χ4n) is 7.92. The van der Waals surface area contributed by atoms with E-state index in [2.05, 4.69) is 6.92 Å². The highest BCUT2D eigenvalue weighted by Crippen LogP contribution is 2.70. The molecule has 0 bridgehead atoms. The fraction of sp³-hybridized carbons (Fsp3) is 0.840. The topological polar surface area (TPSA) is 74.8 Å². The number of nitrogens with zero attached hydrogens (tertiary/aromatic N) is 2. The molecule has 2 heterocycles. The highest BCUT2D eigenvalue weighted by atomic mass is 16.2. The van der Waals surface area contributed by atoms with Crippen LogP contribution in [-0.4, -0.2) is 46.5 Å². The van der Waals surface area contributed by atoms with Gasteiger partial charge in [-0.3, -0.25) is 29.0 Å². The van der Waals surface area contributed by atoms with Gasteiger partial charge in [0, 0.05) is 13.1 Å². The van der Waals surface area contributed by atoms with Gasteiger partial charge >= 0.3 is 0 Å². The van der Waals surface area contributed by atoms with Crippen molar-refractivity contribution in [1.29, 1.82) is 0 Å². The lowest BCUT2D eigenvalue weighted by molar-refractivity contribution is -0.147. The average molecular weight is 427 g/mol. The molecule has 6 fully saturated rings. The van der Waals surface area contributed by atoms with Gasteiger partial charge in [-0.15, -0.1) is 0 Å². The predicted octanol–water partition coefficient (Wildman–Crippen LogP) is 2.85. The van der Waals surface area contributed by atoms with E-state index in [0.29, 0.717) is 0 Å². The third kappa shape index (κ3) is 2.88. The Morgan fingerprint density at radius 2 is 1.06 bits per heavy atom. The molecule has 6 aliphatic rings. The van der Waals surface area contributed by atoms with E-state index in [1.165, 1.54) is 44.1 Å². The number of hydrogen-bond donors (Lipinski definition) is 0. The van der Waals surface area contributed by atoms with E-state index in [1.54, 1.807) is 4.90 Å². The van der Waals surface area contributed by atoms with Crippen molar-refractivity contribution < 1.29 is 19.2 Å². The number of imide groups is 2. The fourth-order valence-corrected chi connectivity index (χ4v) is 7.92. The van der Waals surface area contributed by atoms with Crippen molar-refractivity contribution >= 4 is 23.6 Å². The van der Waals surface area contributed by atoms with Gasteiger partial charge in [0.05, 0.1) is 23.7 Å². The molecule has 4 atom stereocenters. The van der Waals surface area contributed by atoms with Crippen molar-refractivity contribution in [3.8, 4) is 0 Å². The summed E-state index contributed by atoms with van der Waals surface area (Å²) in [4.78, 5) is 53.4. The highest BCUT2D eigenvalue weighted by Gasteiger charge is 2.79. The van der Waals surface area contributed by atoms with Crippen molar-refractivity contribution in [2.45, 2.75) is 70.8 Å². The zero-order valence-corrected chi connectivity index (χ0v) is 18.7. The van der Waals surface area contributed by atoms with Crippen LogP contribution in [0.4, 0.5) is 0 Å². The van der Waals surface area contributed by atoms with Gasteiger partial charge in [0.2, 0.25) is 23.6 Å². The Kier molecular flexibility index (Phi) is 4.43. The Morgan fingerprint density at radius 1 is 0.645 bits per heavy atom. The number of hydrogen-bond acceptors (Lipinski definition) is 4. The quantitative estimate of drug-likeness (QED) is 0.648.